The number of nitrogens with two attached hydrogens (primary N) is 1. The van der Waals surface area contributed by atoms with Crippen molar-refractivity contribution in [2.24, 2.45) is 0 Å². The molecule has 18 heavy (non-hydrogen) atoms. The summed E-state index contributed by atoms with van der Waals surface area (Å²) < 4.78 is 18.0. The van der Waals surface area contributed by atoms with Crippen molar-refractivity contribution in [3.63, 3.8) is 0 Å². The molecule has 0 saturated heterocycles. The third kappa shape index (κ3) is 2.48. The molecule has 0 unspecified atom stereocenters. The Bertz CT molecular complexity index is 580. The molecule has 0 aliphatic heterocycles. The number of anilines is 1. The zero-order valence-corrected chi connectivity index (χ0v) is 9.74. The number of rotatable bonds is 3. The minimum atomic E-state index is -0.611. The number of aromatic nitrogens is 1. The van der Waals surface area contributed by atoms with Crippen molar-refractivity contribution in [1.29, 1.82) is 0 Å². The van der Waals surface area contributed by atoms with Crippen LogP contribution in [-0.2, 0) is 6.54 Å². The maximum absolute atomic E-state index is 13.2. The summed E-state index contributed by atoms with van der Waals surface area (Å²) in [5.74, 6) is -0.405. The number of amides is 1. The highest BCUT2D eigenvalue weighted by Crippen LogP contribution is 2.15. The molecule has 0 aliphatic carbocycles. The van der Waals surface area contributed by atoms with Crippen LogP contribution in [-0.4, -0.2) is 11.1 Å². The normalized spacial score (nSPS) is 10.3. The summed E-state index contributed by atoms with van der Waals surface area (Å²) >= 11 is 0. The van der Waals surface area contributed by atoms with Gasteiger partial charge in [-0.15, -0.1) is 0 Å². The quantitative estimate of drug-likeness (QED) is 0.810. The number of nitrogens with zero attached hydrogens (tertiary/aromatic N) is 1. The second-order valence-corrected chi connectivity index (χ2v) is 3.81. The summed E-state index contributed by atoms with van der Waals surface area (Å²) in [5, 5.41) is 6.31. The van der Waals surface area contributed by atoms with E-state index in [1.165, 1.54) is 18.2 Å². The molecule has 0 spiro atoms. The van der Waals surface area contributed by atoms with E-state index < -0.39 is 11.7 Å². The zero-order valence-electron chi connectivity index (χ0n) is 9.74. The van der Waals surface area contributed by atoms with E-state index in [0.717, 1.165) is 0 Å². The topological polar surface area (TPSA) is 81.2 Å². The Hall–Kier alpha value is -2.37. The summed E-state index contributed by atoms with van der Waals surface area (Å²) in [6.45, 7) is 1.95. The highest BCUT2D eigenvalue weighted by atomic mass is 19.1. The average molecular weight is 249 g/mol. The Labute approximate surface area is 103 Å². The third-order valence-corrected chi connectivity index (χ3v) is 2.40. The number of carbonyl (C=O) groups excluding carboxylic acids is 1. The predicted molar refractivity (Wildman–Crippen MR) is 63.2 cm³/mol. The van der Waals surface area contributed by atoms with Gasteiger partial charge in [0.25, 0.3) is 5.91 Å². The number of hydrogen-bond donors (Lipinski definition) is 2. The molecule has 0 saturated carbocycles. The molecule has 94 valence electrons. The first-order chi connectivity index (χ1) is 8.58. The molecule has 1 aromatic carbocycles. The van der Waals surface area contributed by atoms with Crippen LogP contribution in [0, 0.1) is 12.7 Å². The number of halogens is 1. The van der Waals surface area contributed by atoms with Gasteiger partial charge in [-0.25, -0.2) is 4.39 Å². The Kier molecular flexibility index (Phi) is 3.27. The lowest BCUT2D eigenvalue weighted by molar-refractivity contribution is 0.0950. The lowest BCUT2D eigenvalue weighted by atomic mass is 10.1. The number of nitrogens with one attached hydrogen (secondary N) is 1. The fraction of sp³-hybridized carbons (Fsp3) is 0.167. The van der Waals surface area contributed by atoms with Crippen molar-refractivity contribution in [3.05, 3.63) is 47.1 Å². The van der Waals surface area contributed by atoms with Crippen molar-refractivity contribution in [2.75, 3.05) is 5.73 Å². The molecule has 1 aromatic heterocycles. The van der Waals surface area contributed by atoms with Crippen molar-refractivity contribution in [3.8, 4) is 0 Å². The number of nitrogen functional groups attached to an aromatic ring is 1. The highest BCUT2D eigenvalue weighted by Gasteiger charge is 2.12. The third-order valence-electron chi connectivity index (χ3n) is 2.40. The second-order valence-electron chi connectivity index (χ2n) is 3.81. The number of carbonyl (C=O) groups is 1. The van der Waals surface area contributed by atoms with Gasteiger partial charge in [0.05, 0.1) is 17.8 Å². The molecule has 0 bridgehead atoms. The molecule has 0 fully saturated rings. The molecule has 0 aliphatic rings. The van der Waals surface area contributed by atoms with Gasteiger partial charge in [-0.3, -0.25) is 4.79 Å². The Morgan fingerprint density at radius 1 is 1.56 bits per heavy atom. The van der Waals surface area contributed by atoms with Gasteiger partial charge in [-0.1, -0.05) is 11.2 Å². The van der Waals surface area contributed by atoms with E-state index in [4.69, 9.17) is 10.3 Å². The molecular weight excluding hydrogens is 237 g/mol. The zero-order chi connectivity index (χ0) is 13.1. The van der Waals surface area contributed by atoms with Gasteiger partial charge in [0.1, 0.15) is 17.3 Å². The van der Waals surface area contributed by atoms with E-state index in [2.05, 4.69) is 10.5 Å². The number of para-hydroxylation sites is 1. The minimum absolute atomic E-state index is 0.107. The van der Waals surface area contributed by atoms with Crippen LogP contribution in [0.2, 0.25) is 0 Å². The van der Waals surface area contributed by atoms with Crippen molar-refractivity contribution < 1.29 is 13.7 Å². The van der Waals surface area contributed by atoms with Gasteiger partial charge in [0.2, 0.25) is 0 Å². The van der Waals surface area contributed by atoms with Crippen LogP contribution in [0.5, 0.6) is 0 Å². The van der Waals surface area contributed by atoms with Crippen LogP contribution < -0.4 is 11.1 Å². The van der Waals surface area contributed by atoms with E-state index in [0.29, 0.717) is 11.5 Å². The van der Waals surface area contributed by atoms with E-state index >= 15 is 0 Å². The summed E-state index contributed by atoms with van der Waals surface area (Å²) in [7, 11) is 0. The Morgan fingerprint density at radius 3 is 3.00 bits per heavy atom. The molecular formula is C12H12FN3O2. The fourth-order valence-corrected chi connectivity index (χ4v) is 1.50. The maximum atomic E-state index is 13.2. The first kappa shape index (κ1) is 12.1. The highest BCUT2D eigenvalue weighted by molar-refractivity contribution is 5.99. The first-order valence-corrected chi connectivity index (χ1v) is 5.32. The minimum Gasteiger partial charge on any atom is -0.396 e. The van der Waals surface area contributed by atoms with Gasteiger partial charge < -0.3 is 15.6 Å². The lowest BCUT2D eigenvalue weighted by Crippen LogP contribution is -2.24. The van der Waals surface area contributed by atoms with Gasteiger partial charge in [0, 0.05) is 6.07 Å². The van der Waals surface area contributed by atoms with Crippen LogP contribution in [0.3, 0.4) is 0 Å². The number of hydrogen-bond acceptors (Lipinski definition) is 4. The van der Waals surface area contributed by atoms with E-state index in [-0.39, 0.29) is 17.8 Å². The summed E-state index contributed by atoms with van der Waals surface area (Å²) in [5.41, 5.74) is 6.03. The van der Waals surface area contributed by atoms with Gasteiger partial charge in [0.15, 0.2) is 0 Å². The lowest BCUT2D eigenvalue weighted by Gasteiger charge is -2.06. The average Bonchev–Trinajstić information content (AvgIpc) is 2.76. The first-order valence-electron chi connectivity index (χ1n) is 5.32. The van der Waals surface area contributed by atoms with Crippen LogP contribution in [0.15, 0.2) is 28.8 Å². The predicted octanol–water partition coefficient (Wildman–Crippen LogP) is 1.63. The molecule has 1 heterocycles. The molecule has 5 nitrogen and oxygen atoms in total. The number of benzene rings is 1. The monoisotopic (exact) mass is 249 g/mol. The summed E-state index contributed by atoms with van der Waals surface area (Å²) in [4.78, 5) is 11.8. The second kappa shape index (κ2) is 4.87. The summed E-state index contributed by atoms with van der Waals surface area (Å²) in [6, 6.07) is 5.80. The van der Waals surface area contributed by atoms with Crippen molar-refractivity contribution in [2.45, 2.75) is 13.5 Å². The van der Waals surface area contributed by atoms with Crippen molar-refractivity contribution >= 4 is 11.6 Å². The van der Waals surface area contributed by atoms with Crippen LogP contribution in [0.1, 0.15) is 21.8 Å². The molecule has 1 amide bonds. The molecule has 6 heteroatoms. The molecule has 0 atom stereocenters. The molecule has 2 rings (SSSR count). The summed E-state index contributed by atoms with van der Waals surface area (Å²) in [6.07, 6.45) is 0. The van der Waals surface area contributed by atoms with E-state index in [1.54, 1.807) is 13.0 Å². The van der Waals surface area contributed by atoms with E-state index in [1.807, 2.05) is 0 Å². The van der Waals surface area contributed by atoms with Crippen molar-refractivity contribution in [1.82, 2.24) is 10.5 Å². The standard InChI is InChI=1S/C12H12FN3O2/c1-7-5-8(16-18-7)6-15-12(17)9-3-2-4-10(13)11(9)14/h2-5H,6,14H2,1H3,(H,15,17). The van der Waals surface area contributed by atoms with Crippen LogP contribution in [0.25, 0.3) is 0 Å². The fourth-order valence-electron chi connectivity index (χ4n) is 1.50. The largest absolute Gasteiger partial charge is 0.396 e. The van der Waals surface area contributed by atoms with E-state index in [9.17, 15) is 9.18 Å². The number of aryl methyl sites for hydroxylation is 1. The maximum Gasteiger partial charge on any atom is 0.253 e. The SMILES string of the molecule is Cc1cc(CNC(=O)c2cccc(F)c2N)no1. The Morgan fingerprint density at radius 2 is 2.33 bits per heavy atom. The molecule has 3 N–H and O–H groups in total. The van der Waals surface area contributed by atoms with Gasteiger partial charge in [-0.05, 0) is 19.1 Å². The molecule has 0 radical (unpaired) electrons. The van der Waals surface area contributed by atoms with Crippen LogP contribution in [0.4, 0.5) is 10.1 Å². The van der Waals surface area contributed by atoms with Gasteiger partial charge >= 0.3 is 0 Å². The van der Waals surface area contributed by atoms with Crippen LogP contribution >= 0.6 is 0 Å². The molecule has 2 aromatic rings. The Balaban J connectivity index is 2.06. The van der Waals surface area contributed by atoms with Gasteiger partial charge in [-0.2, -0.15) is 0 Å². The smallest absolute Gasteiger partial charge is 0.253 e.